The number of esters is 1. The maximum Gasteiger partial charge on any atom is 0.302 e. The van der Waals surface area contributed by atoms with E-state index in [1.165, 1.54) is 6.92 Å². The van der Waals surface area contributed by atoms with Crippen molar-refractivity contribution in [2.75, 3.05) is 7.11 Å². The van der Waals surface area contributed by atoms with Crippen molar-refractivity contribution < 1.29 is 14.3 Å². The molecule has 0 aromatic heterocycles. The Labute approximate surface area is 91.0 Å². The fraction of sp³-hybridized carbons (Fsp3) is 0.417. The minimum absolute atomic E-state index is 0.0255. The Balaban J connectivity index is 0.000000265. The molecule has 0 saturated carbocycles. The first-order valence-corrected chi connectivity index (χ1v) is 4.82. The predicted octanol–water partition coefficient (Wildman–Crippen LogP) is 2.65. The van der Waals surface area contributed by atoms with E-state index in [9.17, 15) is 4.79 Å². The molecule has 0 unspecified atom stereocenters. The summed E-state index contributed by atoms with van der Waals surface area (Å²) in [6.07, 6.45) is 0.0255. The molecule has 0 radical (unpaired) electrons. The topological polar surface area (TPSA) is 35.5 Å². The SMILES string of the molecule is CC(=O)OC(C)C.COc1ccccc1. The van der Waals surface area contributed by atoms with Gasteiger partial charge in [0.25, 0.3) is 0 Å². The van der Waals surface area contributed by atoms with Crippen molar-refractivity contribution in [3.63, 3.8) is 0 Å². The number of carbonyl (C=O) groups is 1. The van der Waals surface area contributed by atoms with Crippen LogP contribution in [0.1, 0.15) is 20.8 Å². The highest BCUT2D eigenvalue weighted by Gasteiger charge is 1.93. The van der Waals surface area contributed by atoms with Crippen LogP contribution in [0.15, 0.2) is 30.3 Å². The maximum atomic E-state index is 10.0. The lowest BCUT2D eigenvalue weighted by Gasteiger charge is -2.01. The molecule has 84 valence electrons. The van der Waals surface area contributed by atoms with Gasteiger partial charge >= 0.3 is 5.97 Å². The van der Waals surface area contributed by atoms with Crippen LogP contribution in [-0.2, 0) is 9.53 Å². The summed E-state index contributed by atoms with van der Waals surface area (Å²) in [4.78, 5) is 10.0. The van der Waals surface area contributed by atoms with E-state index in [2.05, 4.69) is 4.74 Å². The van der Waals surface area contributed by atoms with Crippen LogP contribution in [0.2, 0.25) is 0 Å². The van der Waals surface area contributed by atoms with Crippen molar-refractivity contribution in [3.8, 4) is 5.75 Å². The normalized spacial score (nSPS) is 8.87. The first-order valence-electron chi connectivity index (χ1n) is 4.82. The highest BCUT2D eigenvalue weighted by atomic mass is 16.5. The third-order valence-corrected chi connectivity index (χ3v) is 1.38. The van der Waals surface area contributed by atoms with Gasteiger partial charge in [0.15, 0.2) is 0 Å². The monoisotopic (exact) mass is 210 g/mol. The molecule has 0 spiro atoms. The van der Waals surface area contributed by atoms with E-state index in [0.717, 1.165) is 5.75 Å². The predicted molar refractivity (Wildman–Crippen MR) is 59.9 cm³/mol. The van der Waals surface area contributed by atoms with Crippen LogP contribution in [0, 0.1) is 0 Å². The van der Waals surface area contributed by atoms with E-state index >= 15 is 0 Å². The molecule has 0 bridgehead atoms. The van der Waals surface area contributed by atoms with Gasteiger partial charge in [-0.05, 0) is 26.0 Å². The van der Waals surface area contributed by atoms with Crippen LogP contribution >= 0.6 is 0 Å². The number of hydrogen-bond acceptors (Lipinski definition) is 3. The Morgan fingerprint density at radius 1 is 1.20 bits per heavy atom. The molecule has 0 fully saturated rings. The van der Waals surface area contributed by atoms with Gasteiger partial charge in [0.1, 0.15) is 5.75 Å². The number of ether oxygens (including phenoxy) is 2. The number of methoxy groups -OCH3 is 1. The summed E-state index contributed by atoms with van der Waals surface area (Å²) in [6.45, 7) is 5.04. The number of para-hydroxylation sites is 1. The third-order valence-electron chi connectivity index (χ3n) is 1.38. The van der Waals surface area contributed by atoms with E-state index in [4.69, 9.17) is 4.74 Å². The van der Waals surface area contributed by atoms with Crippen molar-refractivity contribution in [1.29, 1.82) is 0 Å². The van der Waals surface area contributed by atoms with Crippen LogP contribution in [0.4, 0.5) is 0 Å². The van der Waals surface area contributed by atoms with Gasteiger partial charge < -0.3 is 9.47 Å². The Hall–Kier alpha value is -1.51. The van der Waals surface area contributed by atoms with Crippen LogP contribution in [-0.4, -0.2) is 19.2 Å². The first kappa shape index (κ1) is 13.5. The zero-order valence-electron chi connectivity index (χ0n) is 9.69. The Morgan fingerprint density at radius 2 is 1.73 bits per heavy atom. The average Bonchev–Trinajstić information content (AvgIpc) is 2.18. The van der Waals surface area contributed by atoms with E-state index in [1.54, 1.807) is 7.11 Å². The van der Waals surface area contributed by atoms with Crippen molar-refractivity contribution >= 4 is 5.97 Å². The molecule has 0 aliphatic heterocycles. The maximum absolute atomic E-state index is 10.0. The molecule has 0 saturated heterocycles. The molecule has 0 amide bonds. The van der Waals surface area contributed by atoms with E-state index in [-0.39, 0.29) is 12.1 Å². The minimum Gasteiger partial charge on any atom is -0.497 e. The van der Waals surface area contributed by atoms with Crippen molar-refractivity contribution in [1.82, 2.24) is 0 Å². The minimum atomic E-state index is -0.213. The molecule has 1 rings (SSSR count). The van der Waals surface area contributed by atoms with Crippen molar-refractivity contribution in [2.24, 2.45) is 0 Å². The molecular formula is C12H18O3. The Bertz CT molecular complexity index is 267. The average molecular weight is 210 g/mol. The summed E-state index contributed by atoms with van der Waals surface area (Å²) in [5, 5.41) is 0. The van der Waals surface area contributed by atoms with Gasteiger partial charge in [-0.1, -0.05) is 18.2 Å². The van der Waals surface area contributed by atoms with Gasteiger partial charge in [0.05, 0.1) is 13.2 Å². The van der Waals surface area contributed by atoms with E-state index in [1.807, 2.05) is 44.2 Å². The molecule has 0 aliphatic rings. The smallest absolute Gasteiger partial charge is 0.302 e. The molecule has 1 aromatic rings. The van der Waals surface area contributed by atoms with Gasteiger partial charge in [-0.15, -0.1) is 0 Å². The molecule has 0 N–H and O–H groups in total. The fourth-order valence-electron chi connectivity index (χ4n) is 0.889. The third kappa shape index (κ3) is 8.81. The summed E-state index contributed by atoms with van der Waals surface area (Å²) in [5.74, 6) is 0.697. The molecule has 1 aromatic carbocycles. The van der Waals surface area contributed by atoms with E-state index in [0.29, 0.717) is 0 Å². The number of carbonyl (C=O) groups excluding carboxylic acids is 1. The standard InChI is InChI=1S/C7H8O.C5H10O2/c1-8-7-5-3-2-4-6-7;1-4(2)7-5(3)6/h2-6H,1H3;4H,1-3H3. The second-order valence-electron chi connectivity index (χ2n) is 3.18. The fourth-order valence-corrected chi connectivity index (χ4v) is 0.889. The Kier molecular flexibility index (Phi) is 7.06. The lowest BCUT2D eigenvalue weighted by molar-refractivity contribution is -0.144. The largest absolute Gasteiger partial charge is 0.497 e. The summed E-state index contributed by atoms with van der Waals surface area (Å²) in [7, 11) is 1.66. The van der Waals surface area contributed by atoms with Crippen LogP contribution in [0.25, 0.3) is 0 Å². The summed E-state index contributed by atoms with van der Waals surface area (Å²) < 4.78 is 9.53. The van der Waals surface area contributed by atoms with Crippen LogP contribution < -0.4 is 4.74 Å². The molecule has 15 heavy (non-hydrogen) atoms. The first-order chi connectivity index (χ1) is 7.06. The molecule has 3 nitrogen and oxygen atoms in total. The molecule has 0 aliphatic carbocycles. The zero-order chi connectivity index (χ0) is 11.7. The molecule has 0 atom stereocenters. The molecular weight excluding hydrogens is 192 g/mol. The van der Waals surface area contributed by atoms with E-state index < -0.39 is 0 Å². The van der Waals surface area contributed by atoms with Gasteiger partial charge in [0, 0.05) is 6.92 Å². The van der Waals surface area contributed by atoms with Gasteiger partial charge in [-0.2, -0.15) is 0 Å². The highest BCUT2D eigenvalue weighted by molar-refractivity contribution is 5.66. The molecule has 0 heterocycles. The number of rotatable bonds is 2. The van der Waals surface area contributed by atoms with Crippen molar-refractivity contribution in [3.05, 3.63) is 30.3 Å². The van der Waals surface area contributed by atoms with Gasteiger partial charge in [0.2, 0.25) is 0 Å². The molecule has 3 heteroatoms. The quantitative estimate of drug-likeness (QED) is 0.704. The zero-order valence-corrected chi connectivity index (χ0v) is 9.69. The second-order valence-corrected chi connectivity index (χ2v) is 3.18. The summed E-state index contributed by atoms with van der Waals surface area (Å²) in [6, 6.07) is 9.68. The van der Waals surface area contributed by atoms with Gasteiger partial charge in [-0.3, -0.25) is 4.79 Å². The second kappa shape index (κ2) is 7.85. The summed E-state index contributed by atoms with van der Waals surface area (Å²) >= 11 is 0. The summed E-state index contributed by atoms with van der Waals surface area (Å²) in [5.41, 5.74) is 0. The van der Waals surface area contributed by atoms with Gasteiger partial charge in [-0.25, -0.2) is 0 Å². The highest BCUT2D eigenvalue weighted by Crippen LogP contribution is 2.05. The lowest BCUT2D eigenvalue weighted by atomic mass is 10.3. The lowest BCUT2D eigenvalue weighted by Crippen LogP contribution is -2.06. The number of hydrogen-bond donors (Lipinski definition) is 0. The van der Waals surface area contributed by atoms with Crippen LogP contribution in [0.5, 0.6) is 5.75 Å². The Morgan fingerprint density at radius 3 is 1.93 bits per heavy atom. The number of benzene rings is 1. The van der Waals surface area contributed by atoms with Crippen LogP contribution in [0.3, 0.4) is 0 Å². The van der Waals surface area contributed by atoms with Crippen molar-refractivity contribution in [2.45, 2.75) is 26.9 Å².